The molecule has 150 valence electrons. The predicted octanol–water partition coefficient (Wildman–Crippen LogP) is 3.41. The van der Waals surface area contributed by atoms with Crippen LogP contribution < -0.4 is 0 Å². The molecule has 1 aliphatic rings. The first-order chi connectivity index (χ1) is 13.9. The molecule has 0 fully saturated rings. The molecule has 0 unspecified atom stereocenters. The van der Waals surface area contributed by atoms with Crippen LogP contribution in [0.5, 0.6) is 0 Å². The van der Waals surface area contributed by atoms with Crippen molar-refractivity contribution < 1.29 is 13.2 Å². The second-order valence-corrected chi connectivity index (χ2v) is 7.42. The van der Waals surface area contributed by atoms with E-state index in [2.05, 4.69) is 25.1 Å². The first-order valence-corrected chi connectivity index (χ1v) is 9.34. The first-order valence-electron chi connectivity index (χ1n) is 8.96. The Morgan fingerprint density at radius 3 is 2.83 bits per heavy atom. The standard InChI is InChI=1S/C18H15ClF3N7/c19-17-16-15(23-9-24-17)12-5-11(1-2-13(12)29(16)8-18(20,21)22)6-27-3-4-28-10-25-26-14(28)7-27/h1-2,5,9-10H,3-4,6-8H2. The third kappa shape index (κ3) is 3.32. The molecular weight excluding hydrogens is 407 g/mol. The number of fused-ring (bicyclic) bond motifs is 4. The minimum absolute atomic E-state index is 0.00682. The van der Waals surface area contributed by atoms with E-state index in [0.717, 1.165) is 29.0 Å². The summed E-state index contributed by atoms with van der Waals surface area (Å²) in [7, 11) is 0. The van der Waals surface area contributed by atoms with Gasteiger partial charge in [0.1, 0.15) is 36.1 Å². The van der Waals surface area contributed by atoms with Crippen molar-refractivity contribution in [2.24, 2.45) is 0 Å². The monoisotopic (exact) mass is 421 g/mol. The molecule has 0 N–H and O–H groups in total. The lowest BCUT2D eigenvalue weighted by Gasteiger charge is -2.26. The average Bonchev–Trinajstić information content (AvgIpc) is 3.24. The Bertz CT molecular complexity index is 1210. The van der Waals surface area contributed by atoms with E-state index in [-0.39, 0.29) is 10.7 Å². The average molecular weight is 422 g/mol. The molecule has 0 bridgehead atoms. The van der Waals surface area contributed by atoms with Crippen LogP contribution in [0.2, 0.25) is 5.15 Å². The Hall–Kier alpha value is -2.72. The van der Waals surface area contributed by atoms with E-state index in [1.807, 2.05) is 16.7 Å². The zero-order chi connectivity index (χ0) is 20.2. The Labute approximate surface area is 167 Å². The van der Waals surface area contributed by atoms with E-state index < -0.39 is 12.7 Å². The lowest BCUT2D eigenvalue weighted by atomic mass is 10.1. The van der Waals surface area contributed by atoms with E-state index in [4.69, 9.17) is 11.6 Å². The summed E-state index contributed by atoms with van der Waals surface area (Å²) < 4.78 is 42.7. The zero-order valence-corrected chi connectivity index (χ0v) is 15.8. The summed E-state index contributed by atoms with van der Waals surface area (Å²) in [5, 5.41) is 8.68. The second kappa shape index (κ2) is 6.67. The van der Waals surface area contributed by atoms with Gasteiger partial charge >= 0.3 is 6.18 Å². The third-order valence-corrected chi connectivity index (χ3v) is 5.39. The van der Waals surface area contributed by atoms with Crippen molar-refractivity contribution in [3.8, 4) is 0 Å². The molecule has 29 heavy (non-hydrogen) atoms. The summed E-state index contributed by atoms with van der Waals surface area (Å²) in [6, 6.07) is 5.42. The molecule has 0 radical (unpaired) electrons. The van der Waals surface area contributed by atoms with Gasteiger partial charge in [0, 0.05) is 25.0 Å². The number of aromatic nitrogens is 6. The van der Waals surface area contributed by atoms with Crippen molar-refractivity contribution in [1.29, 1.82) is 0 Å². The van der Waals surface area contributed by atoms with Crippen LogP contribution in [0.3, 0.4) is 0 Å². The molecular formula is C18H15ClF3N7. The summed E-state index contributed by atoms with van der Waals surface area (Å²) in [4.78, 5) is 10.3. The molecule has 3 aromatic heterocycles. The third-order valence-electron chi connectivity index (χ3n) is 5.12. The fourth-order valence-electron chi connectivity index (χ4n) is 3.87. The zero-order valence-electron chi connectivity index (χ0n) is 15.1. The maximum Gasteiger partial charge on any atom is 0.406 e. The summed E-state index contributed by atoms with van der Waals surface area (Å²) >= 11 is 6.13. The lowest BCUT2D eigenvalue weighted by Crippen LogP contribution is -2.33. The second-order valence-electron chi connectivity index (χ2n) is 7.07. The minimum Gasteiger partial charge on any atom is -0.327 e. The van der Waals surface area contributed by atoms with Crippen LogP contribution in [0.25, 0.3) is 21.9 Å². The maximum absolute atomic E-state index is 13.2. The van der Waals surface area contributed by atoms with Crippen LogP contribution in [-0.4, -0.2) is 46.9 Å². The summed E-state index contributed by atoms with van der Waals surface area (Å²) in [5.74, 6) is 0.902. The van der Waals surface area contributed by atoms with Crippen molar-refractivity contribution >= 4 is 33.5 Å². The van der Waals surface area contributed by atoms with Gasteiger partial charge in [0.05, 0.1) is 12.1 Å². The number of hydrogen-bond acceptors (Lipinski definition) is 5. The SMILES string of the molecule is FC(F)(F)Cn1c2ccc(CN3CCn4cnnc4C3)cc2c2ncnc(Cl)c21. The van der Waals surface area contributed by atoms with Gasteiger partial charge in [0.25, 0.3) is 0 Å². The molecule has 0 amide bonds. The van der Waals surface area contributed by atoms with Gasteiger partial charge in [-0.25, -0.2) is 9.97 Å². The van der Waals surface area contributed by atoms with E-state index in [0.29, 0.717) is 29.5 Å². The predicted molar refractivity (Wildman–Crippen MR) is 100 cm³/mol. The number of rotatable bonds is 3. The molecule has 4 heterocycles. The molecule has 1 aromatic carbocycles. The smallest absolute Gasteiger partial charge is 0.327 e. The van der Waals surface area contributed by atoms with Crippen LogP contribution in [0.4, 0.5) is 13.2 Å². The molecule has 1 aliphatic heterocycles. The summed E-state index contributed by atoms with van der Waals surface area (Å²) in [6.07, 6.45) is -1.40. The van der Waals surface area contributed by atoms with Crippen molar-refractivity contribution in [3.05, 3.63) is 47.4 Å². The maximum atomic E-state index is 13.2. The number of alkyl halides is 3. The van der Waals surface area contributed by atoms with E-state index >= 15 is 0 Å². The molecule has 0 saturated heterocycles. The quantitative estimate of drug-likeness (QED) is 0.474. The van der Waals surface area contributed by atoms with Gasteiger partial charge in [0.15, 0.2) is 5.15 Å². The van der Waals surface area contributed by atoms with Crippen LogP contribution in [0, 0.1) is 0 Å². The highest BCUT2D eigenvalue weighted by Crippen LogP contribution is 2.34. The van der Waals surface area contributed by atoms with Gasteiger partial charge < -0.3 is 9.13 Å². The Morgan fingerprint density at radius 1 is 1.14 bits per heavy atom. The Balaban J connectivity index is 1.55. The largest absolute Gasteiger partial charge is 0.406 e. The molecule has 11 heteroatoms. The van der Waals surface area contributed by atoms with Gasteiger partial charge in [-0.1, -0.05) is 17.7 Å². The van der Waals surface area contributed by atoms with Crippen LogP contribution >= 0.6 is 11.6 Å². The fraction of sp³-hybridized carbons (Fsp3) is 0.333. The van der Waals surface area contributed by atoms with Gasteiger partial charge in [0.2, 0.25) is 0 Å². The highest BCUT2D eigenvalue weighted by molar-refractivity contribution is 6.34. The highest BCUT2D eigenvalue weighted by atomic mass is 35.5. The van der Waals surface area contributed by atoms with Crippen molar-refractivity contribution in [2.75, 3.05) is 6.54 Å². The fourth-order valence-corrected chi connectivity index (χ4v) is 4.11. The Kier molecular flexibility index (Phi) is 4.21. The minimum atomic E-state index is -4.39. The van der Waals surface area contributed by atoms with Crippen molar-refractivity contribution in [2.45, 2.75) is 32.4 Å². The summed E-state index contributed by atoms with van der Waals surface area (Å²) in [5.41, 5.74) is 2.03. The van der Waals surface area contributed by atoms with E-state index in [1.165, 1.54) is 6.33 Å². The Morgan fingerprint density at radius 2 is 2.00 bits per heavy atom. The molecule has 0 aliphatic carbocycles. The van der Waals surface area contributed by atoms with Gasteiger partial charge in [-0.05, 0) is 17.7 Å². The number of benzene rings is 1. The summed E-state index contributed by atoms with van der Waals surface area (Å²) in [6.45, 7) is 1.81. The first kappa shape index (κ1) is 18.3. The molecule has 0 atom stereocenters. The van der Waals surface area contributed by atoms with Gasteiger partial charge in [-0.3, -0.25) is 4.90 Å². The van der Waals surface area contributed by atoms with Gasteiger partial charge in [-0.15, -0.1) is 10.2 Å². The van der Waals surface area contributed by atoms with Crippen LogP contribution in [-0.2, 0) is 26.2 Å². The van der Waals surface area contributed by atoms with Crippen molar-refractivity contribution in [3.63, 3.8) is 0 Å². The van der Waals surface area contributed by atoms with Gasteiger partial charge in [-0.2, -0.15) is 13.2 Å². The van der Waals surface area contributed by atoms with Crippen molar-refractivity contribution in [1.82, 2.24) is 34.2 Å². The molecule has 5 rings (SSSR count). The molecule has 4 aromatic rings. The molecule has 0 spiro atoms. The van der Waals surface area contributed by atoms with E-state index in [9.17, 15) is 13.2 Å². The normalized spacial score (nSPS) is 15.3. The number of hydrogen-bond donors (Lipinski definition) is 0. The van der Waals surface area contributed by atoms with Crippen LogP contribution in [0.15, 0.2) is 30.9 Å². The topological polar surface area (TPSA) is 64.7 Å². The molecule has 0 saturated carbocycles. The lowest BCUT2D eigenvalue weighted by molar-refractivity contribution is -0.139. The number of nitrogens with zero attached hydrogens (tertiary/aromatic N) is 7. The highest BCUT2D eigenvalue weighted by Gasteiger charge is 2.31. The number of halogens is 4. The van der Waals surface area contributed by atoms with E-state index in [1.54, 1.807) is 12.4 Å². The van der Waals surface area contributed by atoms with Crippen LogP contribution in [0.1, 0.15) is 11.4 Å². The molecule has 7 nitrogen and oxygen atoms in total.